The second-order valence-corrected chi connectivity index (χ2v) is 4.03. The lowest BCUT2D eigenvalue weighted by Crippen LogP contribution is -1.85. The Balaban J connectivity index is 2.91. The van der Waals surface area contributed by atoms with Crippen molar-refractivity contribution in [3.63, 3.8) is 0 Å². The molecule has 76 valence electrons. The number of rotatable bonds is 1. The standard InChI is InChI=1S/C11H9BrN2O/c1-6-7(5-13)10-8(14-6)3-4-9(15-2)11(10)12/h3-4,14H,1-2H3. The van der Waals surface area contributed by atoms with Gasteiger partial charge in [-0.1, -0.05) is 0 Å². The normalized spacial score (nSPS) is 10.3. The molecule has 0 bridgehead atoms. The number of hydrogen-bond donors (Lipinski definition) is 1. The van der Waals surface area contributed by atoms with Crippen LogP contribution in [0, 0.1) is 18.3 Å². The van der Waals surface area contributed by atoms with E-state index < -0.39 is 0 Å². The molecule has 0 aliphatic carbocycles. The number of methoxy groups -OCH3 is 1. The first kappa shape index (κ1) is 10.1. The highest BCUT2D eigenvalue weighted by Gasteiger charge is 2.13. The summed E-state index contributed by atoms with van der Waals surface area (Å²) in [5.74, 6) is 0.734. The lowest BCUT2D eigenvalue weighted by Gasteiger charge is -2.03. The minimum atomic E-state index is 0.663. The average molecular weight is 265 g/mol. The number of halogens is 1. The number of benzene rings is 1. The van der Waals surface area contributed by atoms with Crippen molar-refractivity contribution in [1.82, 2.24) is 4.98 Å². The first-order valence-corrected chi connectivity index (χ1v) is 5.23. The highest BCUT2D eigenvalue weighted by Crippen LogP contribution is 2.35. The first-order chi connectivity index (χ1) is 7.19. The third-order valence-corrected chi connectivity index (χ3v) is 3.17. The van der Waals surface area contributed by atoms with Crippen molar-refractivity contribution in [2.75, 3.05) is 7.11 Å². The van der Waals surface area contributed by atoms with Crippen molar-refractivity contribution < 1.29 is 4.74 Å². The van der Waals surface area contributed by atoms with E-state index >= 15 is 0 Å². The highest BCUT2D eigenvalue weighted by atomic mass is 79.9. The average Bonchev–Trinajstić information content (AvgIpc) is 2.55. The number of fused-ring (bicyclic) bond motifs is 1. The molecule has 4 heteroatoms. The van der Waals surface area contributed by atoms with Crippen LogP contribution in [0.1, 0.15) is 11.3 Å². The van der Waals surface area contributed by atoms with E-state index in [1.165, 1.54) is 0 Å². The van der Waals surface area contributed by atoms with Gasteiger partial charge in [-0.2, -0.15) is 5.26 Å². The van der Waals surface area contributed by atoms with E-state index in [0.29, 0.717) is 5.56 Å². The molecule has 0 atom stereocenters. The molecule has 1 aromatic heterocycles. The quantitative estimate of drug-likeness (QED) is 0.861. The number of H-pyrrole nitrogens is 1. The Labute approximate surface area is 95.8 Å². The number of nitrogens with one attached hydrogen (secondary N) is 1. The Morgan fingerprint density at radius 1 is 1.47 bits per heavy atom. The molecule has 0 saturated carbocycles. The fraction of sp³-hybridized carbons (Fsp3) is 0.182. The van der Waals surface area contributed by atoms with E-state index in [9.17, 15) is 0 Å². The number of aromatic nitrogens is 1. The van der Waals surface area contributed by atoms with Crippen LogP contribution < -0.4 is 4.74 Å². The minimum absolute atomic E-state index is 0.663. The molecule has 3 nitrogen and oxygen atoms in total. The fourth-order valence-corrected chi connectivity index (χ4v) is 2.36. The van der Waals surface area contributed by atoms with E-state index in [2.05, 4.69) is 27.0 Å². The predicted molar refractivity (Wildman–Crippen MR) is 62.0 cm³/mol. The van der Waals surface area contributed by atoms with Crippen LogP contribution >= 0.6 is 15.9 Å². The van der Waals surface area contributed by atoms with E-state index in [4.69, 9.17) is 10.00 Å². The van der Waals surface area contributed by atoms with Gasteiger partial charge in [0.1, 0.15) is 11.8 Å². The number of nitrogens with zero attached hydrogens (tertiary/aromatic N) is 1. The molecule has 0 unspecified atom stereocenters. The summed E-state index contributed by atoms with van der Waals surface area (Å²) in [7, 11) is 1.61. The monoisotopic (exact) mass is 264 g/mol. The van der Waals surface area contributed by atoms with Crippen LogP contribution in [0.15, 0.2) is 16.6 Å². The molecule has 2 rings (SSSR count). The maximum Gasteiger partial charge on any atom is 0.133 e. The summed E-state index contributed by atoms with van der Waals surface area (Å²) in [4.78, 5) is 3.16. The van der Waals surface area contributed by atoms with E-state index in [1.807, 2.05) is 19.1 Å². The number of aromatic amines is 1. The molecule has 0 aliphatic rings. The molecule has 1 heterocycles. The molecule has 0 saturated heterocycles. The molecule has 2 aromatic rings. The Kier molecular flexibility index (Phi) is 2.41. The molecular weight excluding hydrogens is 256 g/mol. The van der Waals surface area contributed by atoms with Gasteiger partial charge in [0.15, 0.2) is 0 Å². The number of ether oxygens (including phenoxy) is 1. The van der Waals surface area contributed by atoms with Gasteiger partial charge in [0.2, 0.25) is 0 Å². The Hall–Kier alpha value is -1.47. The zero-order valence-corrected chi connectivity index (χ0v) is 9.97. The summed E-state index contributed by atoms with van der Waals surface area (Å²) in [5.41, 5.74) is 2.48. The van der Waals surface area contributed by atoms with Crippen molar-refractivity contribution in [2.45, 2.75) is 6.92 Å². The summed E-state index contributed by atoms with van der Waals surface area (Å²) in [5, 5.41) is 9.95. The number of nitriles is 1. The summed E-state index contributed by atoms with van der Waals surface area (Å²) in [6.45, 7) is 1.89. The molecular formula is C11H9BrN2O. The second kappa shape index (κ2) is 3.59. The molecule has 1 N–H and O–H groups in total. The van der Waals surface area contributed by atoms with Gasteiger partial charge in [-0.05, 0) is 35.0 Å². The van der Waals surface area contributed by atoms with Crippen LogP contribution in [0.5, 0.6) is 5.75 Å². The SMILES string of the molecule is COc1ccc2[nH]c(C)c(C#N)c2c1Br. The molecule has 0 aliphatic heterocycles. The Bertz CT molecular complexity index is 566. The van der Waals surface area contributed by atoms with Crippen LogP contribution in [-0.4, -0.2) is 12.1 Å². The van der Waals surface area contributed by atoms with E-state index in [-0.39, 0.29) is 0 Å². The van der Waals surface area contributed by atoms with Gasteiger partial charge in [0.25, 0.3) is 0 Å². The number of hydrogen-bond acceptors (Lipinski definition) is 2. The number of aryl methyl sites for hydroxylation is 1. The largest absolute Gasteiger partial charge is 0.496 e. The van der Waals surface area contributed by atoms with Crippen molar-refractivity contribution in [2.24, 2.45) is 0 Å². The van der Waals surface area contributed by atoms with Crippen LogP contribution in [0.3, 0.4) is 0 Å². The summed E-state index contributed by atoms with van der Waals surface area (Å²) < 4.78 is 6.01. The molecule has 0 spiro atoms. The topological polar surface area (TPSA) is 48.8 Å². The Morgan fingerprint density at radius 3 is 2.80 bits per heavy atom. The van der Waals surface area contributed by atoms with Crippen LogP contribution in [0.4, 0.5) is 0 Å². The zero-order chi connectivity index (χ0) is 11.0. The molecule has 0 radical (unpaired) electrons. The zero-order valence-electron chi connectivity index (χ0n) is 8.39. The Morgan fingerprint density at radius 2 is 2.20 bits per heavy atom. The molecule has 15 heavy (non-hydrogen) atoms. The van der Waals surface area contributed by atoms with Crippen molar-refractivity contribution >= 4 is 26.8 Å². The second-order valence-electron chi connectivity index (χ2n) is 3.24. The summed E-state index contributed by atoms with van der Waals surface area (Å²) in [6, 6.07) is 5.97. The smallest absolute Gasteiger partial charge is 0.133 e. The van der Waals surface area contributed by atoms with E-state index in [1.54, 1.807) is 7.11 Å². The summed E-state index contributed by atoms with van der Waals surface area (Å²) >= 11 is 3.45. The van der Waals surface area contributed by atoms with Gasteiger partial charge in [0, 0.05) is 16.6 Å². The van der Waals surface area contributed by atoms with Crippen molar-refractivity contribution in [3.05, 3.63) is 27.9 Å². The van der Waals surface area contributed by atoms with Gasteiger partial charge >= 0.3 is 0 Å². The maximum absolute atomic E-state index is 9.06. The van der Waals surface area contributed by atoms with Crippen LogP contribution in [-0.2, 0) is 0 Å². The third kappa shape index (κ3) is 1.40. The van der Waals surface area contributed by atoms with Gasteiger partial charge < -0.3 is 9.72 Å². The maximum atomic E-state index is 9.06. The molecule has 0 fully saturated rings. The predicted octanol–water partition coefficient (Wildman–Crippen LogP) is 3.12. The van der Waals surface area contributed by atoms with Gasteiger partial charge in [-0.15, -0.1) is 0 Å². The molecule has 0 amide bonds. The first-order valence-electron chi connectivity index (χ1n) is 4.44. The highest BCUT2D eigenvalue weighted by molar-refractivity contribution is 9.10. The van der Waals surface area contributed by atoms with Gasteiger partial charge in [-0.25, -0.2) is 0 Å². The fourth-order valence-electron chi connectivity index (χ4n) is 1.65. The lowest BCUT2D eigenvalue weighted by atomic mass is 10.1. The minimum Gasteiger partial charge on any atom is -0.496 e. The van der Waals surface area contributed by atoms with E-state index in [0.717, 1.165) is 26.8 Å². The van der Waals surface area contributed by atoms with Crippen molar-refractivity contribution in [3.8, 4) is 11.8 Å². The van der Waals surface area contributed by atoms with Crippen molar-refractivity contribution in [1.29, 1.82) is 5.26 Å². The van der Waals surface area contributed by atoms with Crippen LogP contribution in [0.25, 0.3) is 10.9 Å². The summed E-state index contributed by atoms with van der Waals surface area (Å²) in [6.07, 6.45) is 0. The van der Waals surface area contributed by atoms with Gasteiger partial charge in [0.05, 0.1) is 17.1 Å². The molecule has 1 aromatic carbocycles. The lowest BCUT2D eigenvalue weighted by molar-refractivity contribution is 0.413. The third-order valence-electron chi connectivity index (χ3n) is 2.39. The van der Waals surface area contributed by atoms with Gasteiger partial charge in [-0.3, -0.25) is 0 Å². The van der Waals surface area contributed by atoms with Crippen LogP contribution in [0.2, 0.25) is 0 Å².